The van der Waals surface area contributed by atoms with Gasteiger partial charge in [0.2, 0.25) is 0 Å². The highest BCUT2D eigenvalue weighted by molar-refractivity contribution is 5.43. The predicted octanol–water partition coefficient (Wildman–Crippen LogP) is 6.19. The highest BCUT2D eigenvalue weighted by Crippen LogP contribution is 2.53. The van der Waals surface area contributed by atoms with Crippen LogP contribution in [0.15, 0.2) is 48.5 Å². The normalized spacial score (nSPS) is 27.3. The van der Waals surface area contributed by atoms with E-state index in [0.29, 0.717) is 11.8 Å². The molecule has 1 saturated heterocycles. The summed E-state index contributed by atoms with van der Waals surface area (Å²) in [5.74, 6) is 1.89. The van der Waals surface area contributed by atoms with Gasteiger partial charge in [0.25, 0.3) is 0 Å². The maximum atomic E-state index is 6.69. The summed E-state index contributed by atoms with van der Waals surface area (Å²) in [6.07, 6.45) is 2.46. The summed E-state index contributed by atoms with van der Waals surface area (Å²) >= 11 is 0. The molecule has 0 aromatic heterocycles. The van der Waals surface area contributed by atoms with Crippen LogP contribution in [0.1, 0.15) is 75.4 Å². The van der Waals surface area contributed by atoms with E-state index < -0.39 is 0 Å². The Morgan fingerprint density at radius 1 is 1.00 bits per heavy atom. The Bertz CT molecular complexity index is 748. The fraction of sp³-hybridized carbons (Fsp3) is 0.478. The van der Waals surface area contributed by atoms with Crippen LogP contribution in [0.3, 0.4) is 0 Å². The maximum absolute atomic E-state index is 6.69. The van der Waals surface area contributed by atoms with E-state index in [-0.39, 0.29) is 17.8 Å². The van der Waals surface area contributed by atoms with Gasteiger partial charge in [-0.1, -0.05) is 50.2 Å². The Labute approximate surface area is 151 Å². The highest BCUT2D eigenvalue weighted by Gasteiger charge is 2.47. The van der Waals surface area contributed by atoms with Gasteiger partial charge in [-0.05, 0) is 55.9 Å². The van der Waals surface area contributed by atoms with Crippen molar-refractivity contribution in [2.24, 2.45) is 5.92 Å². The van der Waals surface area contributed by atoms with Crippen LogP contribution in [0, 0.1) is 5.92 Å². The molecule has 132 valence electrons. The molecule has 0 N–H and O–H groups in total. The molecule has 2 aromatic rings. The summed E-state index contributed by atoms with van der Waals surface area (Å²) in [7, 11) is 0. The molecule has 0 radical (unpaired) electrons. The van der Waals surface area contributed by atoms with Crippen LogP contribution in [0.2, 0.25) is 0 Å². The predicted molar refractivity (Wildman–Crippen MR) is 101 cm³/mol. The maximum Gasteiger partial charge on any atom is 0.125 e. The van der Waals surface area contributed by atoms with Crippen LogP contribution in [0.5, 0.6) is 5.75 Å². The molecule has 1 fully saturated rings. The fourth-order valence-electron chi connectivity index (χ4n) is 4.34. The van der Waals surface area contributed by atoms with Gasteiger partial charge in [0.15, 0.2) is 0 Å². The first kappa shape index (κ1) is 16.7. The van der Waals surface area contributed by atoms with Crippen molar-refractivity contribution in [3.63, 3.8) is 0 Å². The SMILES string of the molecule is CC(C)c1ccc2c(c1)[C@H]1O[C@@H](c3ccccc3)CC[C@@H]1C(C)(C)O2. The first-order valence-electron chi connectivity index (χ1n) is 9.49. The van der Waals surface area contributed by atoms with Crippen molar-refractivity contribution in [2.45, 2.75) is 64.3 Å². The van der Waals surface area contributed by atoms with E-state index in [2.05, 4.69) is 76.2 Å². The molecule has 2 aliphatic rings. The molecule has 4 rings (SSSR count). The lowest BCUT2D eigenvalue weighted by Gasteiger charge is -2.49. The summed E-state index contributed by atoms with van der Waals surface area (Å²) in [5, 5.41) is 0. The third kappa shape index (κ3) is 2.97. The van der Waals surface area contributed by atoms with Gasteiger partial charge in [0.05, 0.1) is 12.2 Å². The van der Waals surface area contributed by atoms with Gasteiger partial charge < -0.3 is 9.47 Å². The standard InChI is InChI=1S/C23H28O2/c1-15(2)17-10-12-21-18(14-17)22-19(23(3,4)25-21)11-13-20(24-22)16-8-6-5-7-9-16/h5-10,12,14-15,19-20,22H,11,13H2,1-4H3/t19-,20+,22+/m0/s1. The lowest BCUT2D eigenvalue weighted by molar-refractivity contribution is -0.151. The summed E-state index contributed by atoms with van der Waals surface area (Å²) in [6.45, 7) is 8.88. The van der Waals surface area contributed by atoms with Gasteiger partial charge in [0.1, 0.15) is 11.4 Å². The van der Waals surface area contributed by atoms with E-state index in [1.165, 1.54) is 16.7 Å². The Morgan fingerprint density at radius 2 is 1.76 bits per heavy atom. The lowest BCUT2D eigenvalue weighted by atomic mass is 9.74. The average Bonchev–Trinajstić information content (AvgIpc) is 2.61. The van der Waals surface area contributed by atoms with Gasteiger partial charge in [-0.15, -0.1) is 0 Å². The molecular formula is C23H28O2. The summed E-state index contributed by atoms with van der Waals surface area (Å²) in [4.78, 5) is 0. The van der Waals surface area contributed by atoms with Crippen molar-refractivity contribution >= 4 is 0 Å². The fourth-order valence-corrected chi connectivity index (χ4v) is 4.34. The van der Waals surface area contributed by atoms with Crippen molar-refractivity contribution in [2.75, 3.05) is 0 Å². The molecule has 0 aliphatic carbocycles. The number of hydrogen-bond acceptors (Lipinski definition) is 2. The van der Waals surface area contributed by atoms with Crippen molar-refractivity contribution < 1.29 is 9.47 Å². The minimum atomic E-state index is -0.196. The van der Waals surface area contributed by atoms with Crippen molar-refractivity contribution in [1.29, 1.82) is 0 Å². The second-order valence-electron chi connectivity index (χ2n) is 8.30. The van der Waals surface area contributed by atoms with Crippen LogP contribution < -0.4 is 4.74 Å². The van der Waals surface area contributed by atoms with Crippen LogP contribution in [0.25, 0.3) is 0 Å². The quantitative estimate of drug-likeness (QED) is 0.651. The summed E-state index contributed by atoms with van der Waals surface area (Å²) < 4.78 is 13.1. The zero-order valence-corrected chi connectivity index (χ0v) is 15.7. The third-order valence-corrected chi connectivity index (χ3v) is 5.86. The molecule has 0 spiro atoms. The number of benzene rings is 2. The second-order valence-corrected chi connectivity index (χ2v) is 8.30. The Balaban J connectivity index is 1.73. The molecule has 0 amide bonds. The minimum Gasteiger partial charge on any atom is -0.487 e. The molecule has 0 unspecified atom stereocenters. The van der Waals surface area contributed by atoms with Crippen molar-refractivity contribution in [3.05, 3.63) is 65.2 Å². The second kappa shape index (κ2) is 6.17. The Morgan fingerprint density at radius 3 is 2.48 bits per heavy atom. The minimum absolute atomic E-state index is 0.108. The number of ether oxygens (including phenoxy) is 2. The number of hydrogen-bond donors (Lipinski definition) is 0. The largest absolute Gasteiger partial charge is 0.487 e. The van der Waals surface area contributed by atoms with Crippen molar-refractivity contribution in [1.82, 2.24) is 0 Å². The Hall–Kier alpha value is -1.80. The van der Waals surface area contributed by atoms with Crippen LogP contribution >= 0.6 is 0 Å². The first-order valence-corrected chi connectivity index (χ1v) is 9.49. The zero-order chi connectivity index (χ0) is 17.6. The molecular weight excluding hydrogens is 308 g/mol. The van der Waals surface area contributed by atoms with Crippen LogP contribution in [-0.2, 0) is 4.74 Å². The number of rotatable bonds is 2. The smallest absolute Gasteiger partial charge is 0.125 e. The van der Waals surface area contributed by atoms with Crippen molar-refractivity contribution in [3.8, 4) is 5.75 Å². The van der Waals surface area contributed by atoms with Gasteiger partial charge >= 0.3 is 0 Å². The van der Waals surface area contributed by atoms with Gasteiger partial charge in [-0.3, -0.25) is 0 Å². The molecule has 2 aromatic carbocycles. The van der Waals surface area contributed by atoms with Gasteiger partial charge in [-0.25, -0.2) is 0 Å². The van der Waals surface area contributed by atoms with E-state index in [0.717, 1.165) is 18.6 Å². The van der Waals surface area contributed by atoms with Crippen LogP contribution in [0.4, 0.5) is 0 Å². The van der Waals surface area contributed by atoms with E-state index >= 15 is 0 Å². The molecule has 0 saturated carbocycles. The average molecular weight is 336 g/mol. The molecule has 2 heterocycles. The summed E-state index contributed by atoms with van der Waals surface area (Å²) in [5.41, 5.74) is 3.67. The zero-order valence-electron chi connectivity index (χ0n) is 15.7. The molecule has 2 aliphatic heterocycles. The number of fused-ring (bicyclic) bond motifs is 3. The topological polar surface area (TPSA) is 18.5 Å². The van der Waals surface area contributed by atoms with E-state index in [9.17, 15) is 0 Å². The highest BCUT2D eigenvalue weighted by atomic mass is 16.5. The molecule has 2 nitrogen and oxygen atoms in total. The lowest BCUT2D eigenvalue weighted by Crippen LogP contribution is -2.47. The molecule has 25 heavy (non-hydrogen) atoms. The first-order chi connectivity index (χ1) is 12.0. The van der Waals surface area contributed by atoms with E-state index in [1.54, 1.807) is 0 Å². The molecule has 2 heteroatoms. The van der Waals surface area contributed by atoms with E-state index in [1.807, 2.05) is 0 Å². The van der Waals surface area contributed by atoms with Gasteiger partial charge in [0, 0.05) is 11.5 Å². The molecule has 3 atom stereocenters. The third-order valence-electron chi connectivity index (χ3n) is 5.86. The summed E-state index contributed by atoms with van der Waals surface area (Å²) in [6, 6.07) is 17.3. The van der Waals surface area contributed by atoms with Gasteiger partial charge in [-0.2, -0.15) is 0 Å². The van der Waals surface area contributed by atoms with E-state index in [4.69, 9.17) is 9.47 Å². The van der Waals surface area contributed by atoms with Crippen LogP contribution in [-0.4, -0.2) is 5.60 Å². The Kier molecular flexibility index (Phi) is 4.11. The monoisotopic (exact) mass is 336 g/mol. The molecule has 0 bridgehead atoms.